The van der Waals surface area contributed by atoms with Gasteiger partial charge in [0.15, 0.2) is 0 Å². The zero-order chi connectivity index (χ0) is 8.97. The van der Waals surface area contributed by atoms with Crippen molar-refractivity contribution in [1.82, 2.24) is 0 Å². The molecular formula is C9H12FNO. The van der Waals surface area contributed by atoms with E-state index >= 15 is 0 Å². The standard InChI is InChI=1S/C9H12FNO/c1-11(6-7-12)9-4-2-8(10)3-5-9/h2-5,12H,6-7H2,1H3. The molecule has 12 heavy (non-hydrogen) atoms. The van der Waals surface area contributed by atoms with Gasteiger partial charge in [-0.25, -0.2) is 4.39 Å². The van der Waals surface area contributed by atoms with E-state index in [1.165, 1.54) is 12.1 Å². The molecule has 0 atom stereocenters. The molecule has 0 heterocycles. The lowest BCUT2D eigenvalue weighted by Crippen LogP contribution is -2.20. The minimum atomic E-state index is -0.240. The molecule has 1 N–H and O–H groups in total. The van der Waals surface area contributed by atoms with Crippen LogP contribution in [0.2, 0.25) is 0 Å². The van der Waals surface area contributed by atoms with Crippen molar-refractivity contribution in [2.24, 2.45) is 0 Å². The molecule has 0 aromatic heterocycles. The molecule has 0 amide bonds. The van der Waals surface area contributed by atoms with Crippen molar-refractivity contribution in [2.75, 3.05) is 25.1 Å². The first kappa shape index (κ1) is 9.00. The molecule has 3 heteroatoms. The molecule has 0 saturated carbocycles. The molecule has 1 aromatic rings. The number of benzene rings is 1. The number of aliphatic hydroxyl groups excluding tert-OH is 1. The molecule has 0 fully saturated rings. The zero-order valence-electron chi connectivity index (χ0n) is 7.00. The maximum absolute atomic E-state index is 12.5. The first-order chi connectivity index (χ1) is 5.74. The number of likely N-dealkylation sites (N-methyl/N-ethyl adjacent to an activating group) is 1. The van der Waals surface area contributed by atoms with Crippen LogP contribution in [-0.2, 0) is 0 Å². The molecule has 0 unspecified atom stereocenters. The summed E-state index contributed by atoms with van der Waals surface area (Å²) in [4.78, 5) is 1.86. The third-order valence-electron chi connectivity index (χ3n) is 1.70. The van der Waals surface area contributed by atoms with Crippen LogP contribution in [0, 0.1) is 5.82 Å². The van der Waals surface area contributed by atoms with Crippen LogP contribution >= 0.6 is 0 Å². The summed E-state index contributed by atoms with van der Waals surface area (Å²) >= 11 is 0. The Morgan fingerprint density at radius 2 is 1.92 bits per heavy atom. The number of anilines is 1. The molecule has 0 radical (unpaired) electrons. The monoisotopic (exact) mass is 169 g/mol. The molecule has 2 nitrogen and oxygen atoms in total. The fourth-order valence-corrected chi connectivity index (χ4v) is 0.975. The summed E-state index contributed by atoms with van der Waals surface area (Å²) in [6.45, 7) is 0.666. The van der Waals surface area contributed by atoms with Crippen LogP contribution in [0.15, 0.2) is 24.3 Å². The van der Waals surface area contributed by atoms with E-state index in [0.29, 0.717) is 6.54 Å². The van der Waals surface area contributed by atoms with Gasteiger partial charge in [-0.05, 0) is 24.3 Å². The molecule has 0 aliphatic heterocycles. The van der Waals surface area contributed by atoms with Crippen LogP contribution in [0.1, 0.15) is 0 Å². The number of aliphatic hydroxyl groups is 1. The first-order valence-electron chi connectivity index (χ1n) is 3.81. The Kier molecular flexibility index (Phi) is 3.05. The Balaban J connectivity index is 2.68. The van der Waals surface area contributed by atoms with E-state index in [1.54, 1.807) is 12.1 Å². The highest BCUT2D eigenvalue weighted by Crippen LogP contribution is 2.11. The van der Waals surface area contributed by atoms with Gasteiger partial charge in [-0.1, -0.05) is 0 Å². The van der Waals surface area contributed by atoms with Gasteiger partial charge in [0.25, 0.3) is 0 Å². The average molecular weight is 169 g/mol. The lowest BCUT2D eigenvalue weighted by atomic mass is 10.3. The minimum absolute atomic E-state index is 0.105. The third-order valence-corrected chi connectivity index (χ3v) is 1.70. The summed E-state index contributed by atoms with van der Waals surface area (Å²) in [5.74, 6) is -0.240. The highest BCUT2D eigenvalue weighted by molar-refractivity contribution is 5.45. The Labute approximate surface area is 71.2 Å². The molecule has 0 spiro atoms. The van der Waals surface area contributed by atoms with Gasteiger partial charge in [-0.3, -0.25) is 0 Å². The maximum atomic E-state index is 12.5. The van der Waals surface area contributed by atoms with Gasteiger partial charge in [0, 0.05) is 19.3 Å². The fourth-order valence-electron chi connectivity index (χ4n) is 0.975. The van der Waals surface area contributed by atoms with Gasteiger partial charge in [0.2, 0.25) is 0 Å². The van der Waals surface area contributed by atoms with Gasteiger partial charge < -0.3 is 10.0 Å². The number of nitrogens with zero attached hydrogens (tertiary/aromatic N) is 1. The molecule has 1 aromatic carbocycles. The van der Waals surface area contributed by atoms with Crippen LogP contribution in [0.5, 0.6) is 0 Å². The van der Waals surface area contributed by atoms with E-state index in [9.17, 15) is 4.39 Å². The summed E-state index contributed by atoms with van der Waals surface area (Å²) in [7, 11) is 1.85. The Morgan fingerprint density at radius 1 is 1.33 bits per heavy atom. The van der Waals surface area contributed by atoms with Crippen molar-refractivity contribution in [3.8, 4) is 0 Å². The van der Waals surface area contributed by atoms with Crippen molar-refractivity contribution >= 4 is 5.69 Å². The summed E-state index contributed by atoms with van der Waals surface area (Å²) in [6.07, 6.45) is 0. The van der Waals surface area contributed by atoms with Gasteiger partial charge >= 0.3 is 0 Å². The Hall–Kier alpha value is -1.09. The van der Waals surface area contributed by atoms with E-state index in [-0.39, 0.29) is 12.4 Å². The SMILES string of the molecule is CN(CCO)c1ccc(F)cc1. The highest BCUT2D eigenvalue weighted by atomic mass is 19.1. The summed E-state index contributed by atoms with van der Waals surface area (Å²) in [5, 5.41) is 8.64. The Morgan fingerprint density at radius 3 is 2.42 bits per heavy atom. The van der Waals surface area contributed by atoms with Crippen LogP contribution < -0.4 is 4.90 Å². The van der Waals surface area contributed by atoms with Gasteiger partial charge in [-0.2, -0.15) is 0 Å². The number of hydrogen-bond acceptors (Lipinski definition) is 2. The van der Waals surface area contributed by atoms with E-state index in [4.69, 9.17) is 5.11 Å². The van der Waals surface area contributed by atoms with E-state index in [1.807, 2.05) is 11.9 Å². The highest BCUT2D eigenvalue weighted by Gasteiger charge is 1.98. The summed E-state index contributed by atoms with van der Waals surface area (Å²) < 4.78 is 12.5. The van der Waals surface area contributed by atoms with Crippen LogP contribution in [0.25, 0.3) is 0 Å². The molecule has 0 saturated heterocycles. The fraction of sp³-hybridized carbons (Fsp3) is 0.333. The largest absolute Gasteiger partial charge is 0.395 e. The summed E-state index contributed by atoms with van der Waals surface area (Å²) in [6, 6.07) is 6.18. The average Bonchev–Trinajstić information content (AvgIpc) is 2.06. The van der Waals surface area contributed by atoms with E-state index in [0.717, 1.165) is 5.69 Å². The number of halogens is 1. The van der Waals surface area contributed by atoms with Crippen molar-refractivity contribution in [2.45, 2.75) is 0 Å². The second kappa shape index (κ2) is 4.07. The molecule has 0 aliphatic rings. The normalized spacial score (nSPS) is 9.92. The minimum Gasteiger partial charge on any atom is -0.395 e. The van der Waals surface area contributed by atoms with Crippen LogP contribution in [-0.4, -0.2) is 25.3 Å². The number of hydrogen-bond donors (Lipinski definition) is 1. The van der Waals surface area contributed by atoms with Crippen molar-refractivity contribution in [1.29, 1.82) is 0 Å². The molecule has 1 rings (SSSR count). The van der Waals surface area contributed by atoms with Crippen LogP contribution in [0.4, 0.5) is 10.1 Å². The van der Waals surface area contributed by atoms with Crippen molar-refractivity contribution < 1.29 is 9.50 Å². The van der Waals surface area contributed by atoms with E-state index < -0.39 is 0 Å². The lowest BCUT2D eigenvalue weighted by molar-refractivity contribution is 0.304. The molecule has 0 aliphatic carbocycles. The molecular weight excluding hydrogens is 157 g/mol. The maximum Gasteiger partial charge on any atom is 0.123 e. The van der Waals surface area contributed by atoms with Crippen molar-refractivity contribution in [3.05, 3.63) is 30.1 Å². The molecule has 66 valence electrons. The summed E-state index contributed by atoms with van der Waals surface area (Å²) in [5.41, 5.74) is 0.908. The molecule has 0 bridgehead atoms. The predicted octanol–water partition coefficient (Wildman–Crippen LogP) is 1.25. The first-order valence-corrected chi connectivity index (χ1v) is 3.81. The Bertz CT molecular complexity index is 235. The van der Waals surface area contributed by atoms with Gasteiger partial charge in [0.1, 0.15) is 5.82 Å². The van der Waals surface area contributed by atoms with Crippen LogP contribution in [0.3, 0.4) is 0 Å². The van der Waals surface area contributed by atoms with E-state index in [2.05, 4.69) is 0 Å². The topological polar surface area (TPSA) is 23.5 Å². The second-order valence-corrected chi connectivity index (χ2v) is 2.62. The lowest BCUT2D eigenvalue weighted by Gasteiger charge is -2.17. The van der Waals surface area contributed by atoms with Gasteiger partial charge in [-0.15, -0.1) is 0 Å². The smallest absolute Gasteiger partial charge is 0.123 e. The number of rotatable bonds is 3. The second-order valence-electron chi connectivity index (χ2n) is 2.62. The van der Waals surface area contributed by atoms with Gasteiger partial charge in [0.05, 0.1) is 6.61 Å². The third kappa shape index (κ3) is 2.20. The predicted molar refractivity (Wildman–Crippen MR) is 46.8 cm³/mol. The van der Waals surface area contributed by atoms with Crippen molar-refractivity contribution in [3.63, 3.8) is 0 Å². The quantitative estimate of drug-likeness (QED) is 0.736. The zero-order valence-corrected chi connectivity index (χ0v) is 7.00.